The van der Waals surface area contributed by atoms with Gasteiger partial charge < -0.3 is 19.5 Å². The van der Waals surface area contributed by atoms with Crippen molar-refractivity contribution in [2.75, 3.05) is 32.1 Å². The Morgan fingerprint density at radius 2 is 2.03 bits per heavy atom. The zero-order chi connectivity index (χ0) is 20.1. The lowest BCUT2D eigenvalue weighted by Crippen LogP contribution is -2.38. The summed E-state index contributed by atoms with van der Waals surface area (Å²) in [6.45, 7) is 3.39. The summed E-state index contributed by atoms with van der Waals surface area (Å²) < 4.78 is 10.7. The lowest BCUT2D eigenvalue weighted by atomic mass is 9.87. The first-order valence-corrected chi connectivity index (χ1v) is 10.9. The zero-order valence-electron chi connectivity index (χ0n) is 17.2. The first-order chi connectivity index (χ1) is 14.2. The highest BCUT2D eigenvalue weighted by Crippen LogP contribution is 2.30. The molecule has 29 heavy (non-hydrogen) atoms. The minimum Gasteiger partial charge on any atom is -0.495 e. The van der Waals surface area contributed by atoms with Crippen LogP contribution in [0.5, 0.6) is 5.75 Å². The standard InChI is InChI=1S/C23H31N3O3/c1-28-21-12-6-5-11-19(21)24-23(27)22-14-20(25-29-22)18-10-7-13-26(16-18)15-17-8-3-2-4-9-17/h5-6,11-12,14,17-18H,2-4,7-10,13,15-16H2,1H3,(H,24,27). The van der Waals surface area contributed by atoms with Crippen LogP contribution in [-0.4, -0.2) is 42.7 Å². The number of benzene rings is 1. The highest BCUT2D eigenvalue weighted by Gasteiger charge is 2.27. The van der Waals surface area contributed by atoms with Crippen molar-refractivity contribution in [1.29, 1.82) is 0 Å². The topological polar surface area (TPSA) is 67.6 Å². The lowest BCUT2D eigenvalue weighted by molar-refractivity contribution is 0.0987. The van der Waals surface area contributed by atoms with Gasteiger partial charge in [0.05, 0.1) is 18.5 Å². The largest absolute Gasteiger partial charge is 0.495 e. The second kappa shape index (κ2) is 9.44. The quantitative estimate of drug-likeness (QED) is 0.765. The molecule has 4 rings (SSSR count). The van der Waals surface area contributed by atoms with E-state index in [4.69, 9.17) is 9.26 Å². The first-order valence-electron chi connectivity index (χ1n) is 10.9. The number of amides is 1. The van der Waals surface area contributed by atoms with E-state index >= 15 is 0 Å². The van der Waals surface area contributed by atoms with Gasteiger partial charge in [-0.2, -0.15) is 0 Å². The number of aromatic nitrogens is 1. The molecule has 6 nitrogen and oxygen atoms in total. The Morgan fingerprint density at radius 1 is 1.21 bits per heavy atom. The van der Waals surface area contributed by atoms with Gasteiger partial charge in [-0.1, -0.05) is 36.6 Å². The van der Waals surface area contributed by atoms with Crippen LogP contribution in [0.4, 0.5) is 5.69 Å². The van der Waals surface area contributed by atoms with E-state index < -0.39 is 0 Å². The van der Waals surface area contributed by atoms with E-state index in [2.05, 4.69) is 15.4 Å². The van der Waals surface area contributed by atoms with Crippen LogP contribution < -0.4 is 10.1 Å². The van der Waals surface area contributed by atoms with Crippen LogP contribution in [0.2, 0.25) is 0 Å². The summed E-state index contributed by atoms with van der Waals surface area (Å²) in [5.41, 5.74) is 1.51. The molecule has 2 heterocycles. The van der Waals surface area contributed by atoms with E-state index in [0.29, 0.717) is 17.4 Å². The molecule has 1 aliphatic heterocycles. The van der Waals surface area contributed by atoms with Gasteiger partial charge in [0.2, 0.25) is 5.76 Å². The van der Waals surface area contributed by atoms with Crippen molar-refractivity contribution >= 4 is 11.6 Å². The summed E-state index contributed by atoms with van der Waals surface area (Å²) in [6, 6.07) is 9.14. The molecule has 1 saturated heterocycles. The van der Waals surface area contributed by atoms with E-state index in [1.807, 2.05) is 18.2 Å². The van der Waals surface area contributed by atoms with Crippen molar-refractivity contribution in [1.82, 2.24) is 10.1 Å². The smallest absolute Gasteiger partial charge is 0.294 e. The number of hydrogen-bond donors (Lipinski definition) is 1. The summed E-state index contributed by atoms with van der Waals surface area (Å²) in [5.74, 6) is 1.75. The number of carbonyl (C=O) groups is 1. The minimum absolute atomic E-state index is 0.246. The number of para-hydroxylation sites is 2. The van der Waals surface area contributed by atoms with Crippen LogP contribution >= 0.6 is 0 Å². The Morgan fingerprint density at radius 3 is 2.86 bits per heavy atom. The van der Waals surface area contributed by atoms with Gasteiger partial charge >= 0.3 is 0 Å². The fraction of sp³-hybridized carbons (Fsp3) is 0.565. The Balaban J connectivity index is 1.37. The third kappa shape index (κ3) is 4.99. The molecule has 2 fully saturated rings. The number of carbonyl (C=O) groups excluding carboxylic acids is 1. The van der Waals surface area contributed by atoms with Crippen molar-refractivity contribution in [2.45, 2.75) is 50.9 Å². The summed E-state index contributed by atoms with van der Waals surface area (Å²) in [6.07, 6.45) is 9.19. The van der Waals surface area contributed by atoms with Gasteiger partial charge in [-0.05, 0) is 50.3 Å². The molecule has 1 aliphatic carbocycles. The van der Waals surface area contributed by atoms with Crippen molar-refractivity contribution in [3.63, 3.8) is 0 Å². The molecule has 1 saturated carbocycles. The van der Waals surface area contributed by atoms with Crippen molar-refractivity contribution in [2.24, 2.45) is 5.92 Å². The Bertz CT molecular complexity index is 813. The van der Waals surface area contributed by atoms with Gasteiger partial charge in [0, 0.05) is 25.1 Å². The molecule has 1 unspecified atom stereocenters. The molecule has 1 N–H and O–H groups in total. The van der Waals surface area contributed by atoms with E-state index in [0.717, 1.165) is 24.6 Å². The Kier molecular flexibility index (Phi) is 6.49. The van der Waals surface area contributed by atoms with Gasteiger partial charge in [0.1, 0.15) is 5.75 Å². The predicted molar refractivity (Wildman–Crippen MR) is 112 cm³/mol. The van der Waals surface area contributed by atoms with E-state index in [-0.39, 0.29) is 11.7 Å². The number of ether oxygens (including phenoxy) is 1. The molecule has 1 atom stereocenters. The van der Waals surface area contributed by atoms with Crippen molar-refractivity contribution in [3.05, 3.63) is 41.8 Å². The fourth-order valence-corrected chi connectivity index (χ4v) is 4.72. The second-order valence-corrected chi connectivity index (χ2v) is 8.37. The van der Waals surface area contributed by atoms with Crippen LogP contribution in [0.15, 0.2) is 34.9 Å². The van der Waals surface area contributed by atoms with Crippen LogP contribution in [0.25, 0.3) is 0 Å². The number of nitrogens with zero attached hydrogens (tertiary/aromatic N) is 2. The average molecular weight is 398 g/mol. The zero-order valence-corrected chi connectivity index (χ0v) is 17.2. The van der Waals surface area contributed by atoms with Gasteiger partial charge in [0.15, 0.2) is 0 Å². The van der Waals surface area contributed by atoms with Gasteiger partial charge in [0.25, 0.3) is 5.91 Å². The maximum atomic E-state index is 12.6. The molecular weight excluding hydrogens is 366 g/mol. The number of methoxy groups -OCH3 is 1. The summed E-state index contributed by atoms with van der Waals surface area (Å²) >= 11 is 0. The van der Waals surface area contributed by atoms with E-state index in [1.54, 1.807) is 19.2 Å². The van der Waals surface area contributed by atoms with Crippen molar-refractivity contribution in [3.8, 4) is 5.75 Å². The Labute approximate surface area is 172 Å². The maximum absolute atomic E-state index is 12.6. The highest BCUT2D eigenvalue weighted by molar-refractivity contribution is 6.03. The van der Waals surface area contributed by atoms with E-state index in [1.165, 1.54) is 51.6 Å². The molecule has 2 aromatic rings. The maximum Gasteiger partial charge on any atom is 0.294 e. The molecule has 2 aliphatic rings. The number of nitrogens with one attached hydrogen (secondary N) is 1. The molecule has 0 bridgehead atoms. The number of rotatable bonds is 6. The molecule has 6 heteroatoms. The van der Waals surface area contributed by atoms with Crippen LogP contribution in [0, 0.1) is 5.92 Å². The third-order valence-corrected chi connectivity index (χ3v) is 6.27. The predicted octanol–water partition coefficient (Wildman–Crippen LogP) is 4.70. The average Bonchev–Trinajstić information content (AvgIpc) is 3.26. The highest BCUT2D eigenvalue weighted by atomic mass is 16.5. The van der Waals surface area contributed by atoms with Gasteiger partial charge in [-0.3, -0.25) is 4.79 Å². The number of hydrogen-bond acceptors (Lipinski definition) is 5. The molecule has 1 amide bonds. The first kappa shape index (κ1) is 20.0. The van der Waals surface area contributed by atoms with Gasteiger partial charge in [-0.25, -0.2) is 0 Å². The van der Waals surface area contributed by atoms with Crippen LogP contribution in [0.1, 0.15) is 67.1 Å². The fourth-order valence-electron chi connectivity index (χ4n) is 4.72. The third-order valence-electron chi connectivity index (χ3n) is 6.27. The molecule has 0 radical (unpaired) electrons. The monoisotopic (exact) mass is 397 g/mol. The number of anilines is 1. The Hall–Kier alpha value is -2.34. The van der Waals surface area contributed by atoms with Crippen LogP contribution in [0.3, 0.4) is 0 Å². The normalized spacial score (nSPS) is 21.1. The summed E-state index contributed by atoms with van der Waals surface area (Å²) in [4.78, 5) is 15.2. The molecule has 1 aromatic heterocycles. The minimum atomic E-state index is -0.303. The van der Waals surface area contributed by atoms with Crippen molar-refractivity contribution < 1.29 is 14.1 Å². The number of piperidine rings is 1. The number of likely N-dealkylation sites (tertiary alicyclic amines) is 1. The molecular formula is C23H31N3O3. The second-order valence-electron chi connectivity index (χ2n) is 8.37. The molecule has 1 aromatic carbocycles. The van der Waals surface area contributed by atoms with Crippen LogP contribution in [-0.2, 0) is 0 Å². The summed E-state index contributed by atoms with van der Waals surface area (Å²) in [5, 5.41) is 7.08. The van der Waals surface area contributed by atoms with Gasteiger partial charge in [-0.15, -0.1) is 0 Å². The molecule has 156 valence electrons. The molecule has 0 spiro atoms. The SMILES string of the molecule is COc1ccccc1NC(=O)c1cc(C2CCCN(CC3CCCCC3)C2)no1. The lowest BCUT2D eigenvalue weighted by Gasteiger charge is -2.35. The summed E-state index contributed by atoms with van der Waals surface area (Å²) in [7, 11) is 1.58. The van der Waals surface area contributed by atoms with E-state index in [9.17, 15) is 4.79 Å².